The number of hydrogen-bond acceptors (Lipinski definition) is 5. The van der Waals surface area contributed by atoms with Crippen LogP contribution in [0, 0.1) is 39.7 Å². The molecule has 1 atom stereocenters. The number of rotatable bonds is 5. The fourth-order valence-electron chi connectivity index (χ4n) is 4.26. The van der Waals surface area contributed by atoms with E-state index in [1.807, 2.05) is 78.7 Å². The molecular weight excluding hydrogens is 526 g/mol. The van der Waals surface area contributed by atoms with Gasteiger partial charge in [0, 0.05) is 21.8 Å². The summed E-state index contributed by atoms with van der Waals surface area (Å²) >= 11 is 6.16. The third-order valence-corrected chi connectivity index (χ3v) is 6.39. The van der Waals surface area contributed by atoms with Crippen molar-refractivity contribution in [2.75, 3.05) is 12.3 Å². The lowest BCUT2D eigenvalue weighted by Crippen LogP contribution is -2.28. The first-order chi connectivity index (χ1) is 18.7. The highest BCUT2D eigenvalue weighted by Crippen LogP contribution is 2.45. The maximum atomic E-state index is 12.4. The van der Waals surface area contributed by atoms with Gasteiger partial charge in [-0.1, -0.05) is 55.8 Å². The average molecular weight is 568 g/mol. The van der Waals surface area contributed by atoms with E-state index in [0.717, 1.165) is 27.8 Å². The number of hydrogen-bond donors (Lipinski definition) is 4. The van der Waals surface area contributed by atoms with Crippen LogP contribution in [0.2, 0.25) is 5.02 Å². The van der Waals surface area contributed by atoms with Crippen LogP contribution in [-0.2, 0) is 9.53 Å². The molecular formula is C33H42ClNO5. The number of carboxylic acids is 1. The van der Waals surface area contributed by atoms with Gasteiger partial charge in [0.25, 0.3) is 0 Å². The van der Waals surface area contributed by atoms with Crippen LogP contribution in [0.25, 0.3) is 22.3 Å². The summed E-state index contributed by atoms with van der Waals surface area (Å²) in [7, 11) is 0. The molecule has 0 aromatic heterocycles. The van der Waals surface area contributed by atoms with Gasteiger partial charge >= 0.3 is 5.97 Å². The van der Waals surface area contributed by atoms with Gasteiger partial charge in [-0.3, -0.25) is 0 Å². The zero-order valence-corrected chi connectivity index (χ0v) is 25.7. The van der Waals surface area contributed by atoms with E-state index in [9.17, 15) is 9.90 Å². The SMILES string of the molecule is CC.Cc1ccc(-c2c(C)c(-c3ccc(Cl)cc3)c(C(OC(C)(C)C)C(=O)O)c(C)c2N)cc1C.OC#CCO. The van der Waals surface area contributed by atoms with Crippen LogP contribution in [0.4, 0.5) is 5.69 Å². The van der Waals surface area contributed by atoms with Gasteiger partial charge in [0.15, 0.2) is 6.10 Å². The largest absolute Gasteiger partial charge is 0.479 e. The van der Waals surface area contributed by atoms with Crippen LogP contribution >= 0.6 is 11.6 Å². The second-order valence-electron chi connectivity index (χ2n) is 10.0. The monoisotopic (exact) mass is 567 g/mol. The first-order valence-corrected chi connectivity index (χ1v) is 13.5. The highest BCUT2D eigenvalue weighted by molar-refractivity contribution is 6.30. The number of aliphatic carboxylic acids is 1. The van der Waals surface area contributed by atoms with Crippen molar-refractivity contribution < 1.29 is 24.9 Å². The molecule has 0 bridgehead atoms. The van der Waals surface area contributed by atoms with E-state index in [1.165, 1.54) is 17.2 Å². The van der Waals surface area contributed by atoms with Gasteiger partial charge in [0.2, 0.25) is 0 Å². The minimum absolute atomic E-state index is 0.267. The second-order valence-corrected chi connectivity index (χ2v) is 10.5. The second kappa shape index (κ2) is 15.3. The predicted molar refractivity (Wildman–Crippen MR) is 165 cm³/mol. The van der Waals surface area contributed by atoms with Crippen molar-refractivity contribution in [2.45, 2.75) is 74.0 Å². The van der Waals surface area contributed by atoms with Crippen molar-refractivity contribution in [3.05, 3.63) is 75.3 Å². The summed E-state index contributed by atoms with van der Waals surface area (Å²) in [5.41, 5.74) is 14.7. The first-order valence-electron chi connectivity index (χ1n) is 13.1. The number of aliphatic hydroxyl groups is 2. The standard InChI is InChI=1S/C28H32ClNO3.C3H4O2.C2H6/c1-15-8-9-20(14-16(15)2)23-17(3)22(19-10-12-21(29)13-11-19)24(18(4)25(23)30)26(27(31)32)33-28(5,6)7;4-2-1-3-5;1-2/h8-14,26H,30H2,1-7H3,(H,31,32);4-5H,2H2;1-2H3. The Morgan fingerprint density at radius 3 is 1.93 bits per heavy atom. The molecule has 7 heteroatoms. The van der Waals surface area contributed by atoms with Gasteiger partial charge in [0.05, 0.1) is 5.60 Å². The molecule has 0 saturated carbocycles. The Morgan fingerprint density at radius 1 is 0.950 bits per heavy atom. The maximum Gasteiger partial charge on any atom is 0.337 e. The normalized spacial score (nSPS) is 11.2. The third-order valence-electron chi connectivity index (χ3n) is 6.14. The number of halogens is 1. The molecule has 0 aliphatic carbocycles. The lowest BCUT2D eigenvalue weighted by molar-refractivity contribution is -0.160. The predicted octanol–water partition coefficient (Wildman–Crippen LogP) is 7.77. The van der Waals surface area contributed by atoms with E-state index >= 15 is 0 Å². The molecule has 0 amide bonds. The third kappa shape index (κ3) is 8.76. The highest BCUT2D eigenvalue weighted by atomic mass is 35.5. The smallest absolute Gasteiger partial charge is 0.337 e. The van der Waals surface area contributed by atoms with E-state index in [1.54, 1.807) is 0 Å². The summed E-state index contributed by atoms with van der Waals surface area (Å²) in [5, 5.41) is 26.1. The number of benzene rings is 3. The van der Waals surface area contributed by atoms with Gasteiger partial charge in [-0.15, -0.1) is 0 Å². The number of carboxylic acid groups (broad SMARTS) is 1. The number of nitrogen functional groups attached to an aromatic ring is 1. The van der Waals surface area contributed by atoms with Gasteiger partial charge in [-0.25, -0.2) is 4.79 Å². The molecule has 1 unspecified atom stereocenters. The molecule has 0 spiro atoms. The van der Waals surface area contributed by atoms with Gasteiger partial charge in [-0.05, 0) is 105 Å². The molecule has 0 fully saturated rings. The van der Waals surface area contributed by atoms with Crippen LogP contribution in [0.5, 0.6) is 0 Å². The summed E-state index contributed by atoms with van der Waals surface area (Å²) < 4.78 is 6.06. The van der Waals surface area contributed by atoms with Crippen LogP contribution in [0.3, 0.4) is 0 Å². The van der Waals surface area contributed by atoms with Crippen LogP contribution in [0.15, 0.2) is 42.5 Å². The first kappa shape index (κ1) is 34.5. The molecule has 3 aromatic rings. The molecule has 0 saturated heterocycles. The Labute approximate surface area is 243 Å². The number of carbonyl (C=O) groups is 1. The molecule has 0 heterocycles. The lowest BCUT2D eigenvalue weighted by Gasteiger charge is -2.30. The highest BCUT2D eigenvalue weighted by Gasteiger charge is 2.33. The quantitative estimate of drug-likeness (QED) is 0.185. The Bertz CT molecular complexity index is 1360. The molecule has 3 rings (SSSR count). The molecule has 6 nitrogen and oxygen atoms in total. The molecule has 3 aromatic carbocycles. The van der Waals surface area contributed by atoms with Crippen LogP contribution < -0.4 is 5.73 Å². The van der Waals surface area contributed by atoms with Crippen LogP contribution in [-0.4, -0.2) is 33.5 Å². The number of ether oxygens (including phenoxy) is 1. The Balaban J connectivity index is 0.00000103. The van der Waals surface area contributed by atoms with Crippen molar-refractivity contribution >= 4 is 23.3 Å². The van der Waals surface area contributed by atoms with E-state index in [-0.39, 0.29) is 6.61 Å². The average Bonchev–Trinajstić information content (AvgIpc) is 2.89. The van der Waals surface area contributed by atoms with Crippen molar-refractivity contribution in [1.82, 2.24) is 0 Å². The van der Waals surface area contributed by atoms with Crippen molar-refractivity contribution in [1.29, 1.82) is 0 Å². The summed E-state index contributed by atoms with van der Waals surface area (Å²) in [4.78, 5) is 12.4. The Hall–Kier alpha value is -3.50. The maximum absolute atomic E-state index is 12.4. The number of aliphatic hydroxyl groups excluding tert-OH is 2. The molecule has 0 radical (unpaired) electrons. The number of anilines is 1. The summed E-state index contributed by atoms with van der Waals surface area (Å²) in [6, 6.07) is 13.7. The Kier molecular flexibility index (Phi) is 13.2. The summed E-state index contributed by atoms with van der Waals surface area (Å²) in [6.45, 7) is 17.3. The number of nitrogens with two attached hydrogens (primary N) is 1. The van der Waals surface area contributed by atoms with E-state index in [2.05, 4.69) is 32.0 Å². The van der Waals surface area contributed by atoms with Gasteiger partial charge in [-0.2, -0.15) is 0 Å². The molecule has 0 aliphatic rings. The van der Waals surface area contributed by atoms with E-state index < -0.39 is 17.7 Å². The molecule has 0 aliphatic heterocycles. The zero-order chi connectivity index (χ0) is 30.8. The topological polar surface area (TPSA) is 113 Å². The van der Waals surface area contributed by atoms with Crippen LogP contribution in [0.1, 0.15) is 68.5 Å². The molecule has 216 valence electrons. The summed E-state index contributed by atoms with van der Waals surface area (Å²) in [5.74, 6) is 0.918. The van der Waals surface area contributed by atoms with E-state index in [4.69, 9.17) is 32.3 Å². The Morgan fingerprint density at radius 2 is 1.50 bits per heavy atom. The fraction of sp³-hybridized carbons (Fsp3) is 0.364. The molecule has 40 heavy (non-hydrogen) atoms. The zero-order valence-electron chi connectivity index (χ0n) is 24.9. The van der Waals surface area contributed by atoms with Gasteiger partial charge < -0.3 is 25.8 Å². The number of aryl methyl sites for hydroxylation is 2. The van der Waals surface area contributed by atoms with Crippen molar-refractivity contribution in [3.63, 3.8) is 0 Å². The van der Waals surface area contributed by atoms with Crippen molar-refractivity contribution in [2.24, 2.45) is 0 Å². The van der Waals surface area contributed by atoms with E-state index in [0.29, 0.717) is 21.8 Å². The van der Waals surface area contributed by atoms with Crippen molar-refractivity contribution in [3.8, 4) is 34.3 Å². The minimum Gasteiger partial charge on any atom is -0.479 e. The fourth-order valence-corrected chi connectivity index (χ4v) is 4.38. The minimum atomic E-state index is -1.18. The summed E-state index contributed by atoms with van der Waals surface area (Å²) in [6.07, 6.45) is 0.342. The lowest BCUT2D eigenvalue weighted by atomic mass is 9.82. The van der Waals surface area contributed by atoms with Gasteiger partial charge in [0.1, 0.15) is 12.7 Å². The molecule has 5 N–H and O–H groups in total.